The zero-order valence-corrected chi connectivity index (χ0v) is 33.1. The minimum atomic E-state index is -0.860. The van der Waals surface area contributed by atoms with Crippen molar-refractivity contribution in [3.8, 4) is 16.9 Å². The molecule has 1 saturated heterocycles. The predicted octanol–water partition coefficient (Wildman–Crippen LogP) is 3.33. The fraction of sp³-hybridized carbons (Fsp3) is 0.683. The van der Waals surface area contributed by atoms with E-state index < -0.39 is 24.2 Å². The second-order valence-electron chi connectivity index (χ2n) is 16.7. The Morgan fingerprint density at radius 2 is 1.67 bits per heavy atom. The summed E-state index contributed by atoms with van der Waals surface area (Å²) in [6, 6.07) is 12.1. The van der Waals surface area contributed by atoms with Gasteiger partial charge in [-0.05, 0) is 99.9 Å². The third kappa shape index (κ3) is 9.18. The fourth-order valence-electron chi connectivity index (χ4n) is 9.02. The first-order chi connectivity index (χ1) is 24.7. The summed E-state index contributed by atoms with van der Waals surface area (Å²) in [6.07, 6.45) is 0.615. The number of ether oxygens (including phenoxy) is 1. The molecule has 8 atom stereocenters. The number of fused-ring (bicyclic) bond motifs is 2. The van der Waals surface area contributed by atoms with Crippen LogP contribution in [0.2, 0.25) is 0 Å². The van der Waals surface area contributed by atoms with Gasteiger partial charge in [-0.3, -0.25) is 9.63 Å². The smallest absolute Gasteiger partial charge is 0.240 e. The van der Waals surface area contributed by atoms with Crippen LogP contribution in [0.15, 0.2) is 36.4 Å². The number of amides is 1. The van der Waals surface area contributed by atoms with Crippen LogP contribution in [-0.2, 0) is 29.3 Å². The lowest BCUT2D eigenvalue weighted by Gasteiger charge is -2.62. The van der Waals surface area contributed by atoms with Gasteiger partial charge in [0.2, 0.25) is 5.91 Å². The lowest BCUT2D eigenvalue weighted by molar-refractivity contribution is -0.183. The van der Waals surface area contributed by atoms with E-state index in [1.54, 1.807) is 19.1 Å². The van der Waals surface area contributed by atoms with Crippen molar-refractivity contribution in [2.75, 3.05) is 68.1 Å². The largest absolute Gasteiger partial charge is 0.496 e. The van der Waals surface area contributed by atoms with Gasteiger partial charge in [0.15, 0.2) is 0 Å². The summed E-state index contributed by atoms with van der Waals surface area (Å²) in [5, 5.41) is 33.5. The number of aliphatic hydroxyl groups is 2. The van der Waals surface area contributed by atoms with Crippen molar-refractivity contribution in [1.29, 1.82) is 0 Å². The number of aliphatic hydroxyl groups excluding tert-OH is 2. The van der Waals surface area contributed by atoms with Crippen LogP contribution in [0, 0.1) is 29.1 Å². The highest BCUT2D eigenvalue weighted by Crippen LogP contribution is 2.61. The molecule has 1 heterocycles. The standard InChI is InChI=1S/C41H66N6O5/c1-26-34-20-32(41(34,3)4)21-35(26)44-40(50)38-37(27(2)49)36(25-48)52-47(38)24-30-11-10-12-33(39(30)51-9)31-18-28(22-42-13-15-45(5)6)17-29(19-31)23-43-14-16-46(7)8/h10-12,17-19,26-27,32,34-38,42-43,48-49H,13-16,20-25H2,1-9H3,(H,44,50)/t26-,27-,32-,34+,35?,36-,37-,38-/m0/s1. The molecule has 290 valence electrons. The molecule has 2 bridgehead atoms. The number of hydrogen-bond donors (Lipinski definition) is 5. The molecule has 5 N–H and O–H groups in total. The second-order valence-corrected chi connectivity index (χ2v) is 16.7. The van der Waals surface area contributed by atoms with Crippen molar-refractivity contribution < 1.29 is 24.6 Å². The van der Waals surface area contributed by atoms with Crippen LogP contribution < -0.4 is 20.7 Å². The Morgan fingerprint density at radius 3 is 2.19 bits per heavy atom. The Kier molecular flexibility index (Phi) is 13.8. The number of rotatable bonds is 18. The van der Waals surface area contributed by atoms with Gasteiger partial charge >= 0.3 is 0 Å². The normalized spacial score (nSPS) is 27.5. The molecule has 0 radical (unpaired) electrons. The van der Waals surface area contributed by atoms with E-state index in [2.05, 4.69) is 99.0 Å². The quantitative estimate of drug-likeness (QED) is 0.147. The molecule has 0 aromatic heterocycles. The molecule has 0 spiro atoms. The van der Waals surface area contributed by atoms with Gasteiger partial charge < -0.3 is 40.7 Å². The molecule has 3 saturated carbocycles. The van der Waals surface area contributed by atoms with Gasteiger partial charge in [-0.1, -0.05) is 45.0 Å². The fourth-order valence-corrected chi connectivity index (χ4v) is 9.02. The maximum atomic E-state index is 14.3. The van der Waals surface area contributed by atoms with Gasteiger partial charge in [0, 0.05) is 62.4 Å². The molecule has 3 aliphatic carbocycles. The zero-order valence-electron chi connectivity index (χ0n) is 33.1. The predicted molar refractivity (Wildman–Crippen MR) is 207 cm³/mol. The molecule has 1 amide bonds. The molecule has 11 heteroatoms. The number of methoxy groups -OCH3 is 1. The Balaban J connectivity index is 1.41. The van der Waals surface area contributed by atoms with E-state index in [0.717, 1.165) is 62.4 Å². The van der Waals surface area contributed by atoms with E-state index >= 15 is 0 Å². The highest BCUT2D eigenvalue weighted by molar-refractivity contribution is 5.83. The van der Waals surface area contributed by atoms with E-state index in [1.807, 2.05) is 12.1 Å². The van der Waals surface area contributed by atoms with Gasteiger partial charge in [-0.25, -0.2) is 0 Å². The Bertz CT molecular complexity index is 1450. The number of hydroxylamine groups is 2. The average Bonchev–Trinajstić information content (AvgIpc) is 3.47. The molecule has 6 rings (SSSR count). The first kappa shape index (κ1) is 40.6. The van der Waals surface area contributed by atoms with Gasteiger partial charge in [0.1, 0.15) is 17.9 Å². The molecule has 1 aliphatic heterocycles. The van der Waals surface area contributed by atoms with E-state index in [9.17, 15) is 15.0 Å². The van der Waals surface area contributed by atoms with Crippen molar-refractivity contribution >= 4 is 5.91 Å². The van der Waals surface area contributed by atoms with E-state index in [-0.39, 0.29) is 25.1 Å². The molecule has 2 aromatic carbocycles. The summed E-state index contributed by atoms with van der Waals surface area (Å²) < 4.78 is 6.14. The second kappa shape index (κ2) is 17.7. The van der Waals surface area contributed by atoms with Crippen LogP contribution in [0.25, 0.3) is 11.1 Å². The number of carbonyl (C=O) groups is 1. The first-order valence-corrected chi connectivity index (χ1v) is 19.3. The highest BCUT2D eigenvalue weighted by atomic mass is 16.7. The van der Waals surface area contributed by atoms with Crippen molar-refractivity contribution in [1.82, 2.24) is 30.8 Å². The number of benzene rings is 2. The number of nitrogens with one attached hydrogen (secondary N) is 3. The average molecular weight is 723 g/mol. The number of hydrogen-bond acceptors (Lipinski definition) is 10. The Hall–Kier alpha value is -2.61. The summed E-state index contributed by atoms with van der Waals surface area (Å²) in [7, 11) is 9.99. The summed E-state index contributed by atoms with van der Waals surface area (Å²) in [5.74, 6) is 1.50. The third-order valence-electron chi connectivity index (χ3n) is 12.2. The van der Waals surface area contributed by atoms with Gasteiger partial charge in [0.05, 0.1) is 26.4 Å². The molecule has 1 unspecified atom stereocenters. The van der Waals surface area contributed by atoms with Crippen molar-refractivity contribution in [3.63, 3.8) is 0 Å². The molecular weight excluding hydrogens is 656 g/mol. The monoisotopic (exact) mass is 723 g/mol. The third-order valence-corrected chi connectivity index (χ3v) is 12.2. The number of para-hydroxylation sites is 1. The van der Waals surface area contributed by atoms with E-state index in [1.165, 1.54) is 17.5 Å². The van der Waals surface area contributed by atoms with Crippen LogP contribution >= 0.6 is 0 Å². The maximum absolute atomic E-state index is 14.3. The molecule has 2 aromatic rings. The Morgan fingerprint density at radius 1 is 1.04 bits per heavy atom. The SMILES string of the molecule is COc1c(CN2O[C@@H](CO)[C@H]([C@H](C)O)[C@H]2C(=O)NC2C[C@@H]3C[C@H]([C@@H]2C)C3(C)C)cccc1-c1cc(CNCCN(C)C)cc(CNCCN(C)C)c1. The van der Waals surface area contributed by atoms with Crippen molar-refractivity contribution in [3.05, 3.63) is 53.1 Å². The van der Waals surface area contributed by atoms with E-state index in [0.29, 0.717) is 28.9 Å². The van der Waals surface area contributed by atoms with E-state index in [4.69, 9.17) is 9.57 Å². The van der Waals surface area contributed by atoms with Crippen LogP contribution in [0.5, 0.6) is 5.75 Å². The van der Waals surface area contributed by atoms with Gasteiger partial charge in [-0.15, -0.1) is 0 Å². The first-order valence-electron chi connectivity index (χ1n) is 19.3. The van der Waals surface area contributed by atoms with Crippen molar-refractivity contribution in [2.45, 2.75) is 84.5 Å². The minimum absolute atomic E-state index is 0.0723. The molecule has 52 heavy (non-hydrogen) atoms. The minimum Gasteiger partial charge on any atom is -0.496 e. The zero-order chi connectivity index (χ0) is 37.7. The number of likely N-dealkylation sites (N-methyl/N-ethyl adjacent to an activating group) is 2. The highest BCUT2D eigenvalue weighted by Gasteiger charge is 2.57. The van der Waals surface area contributed by atoms with Crippen LogP contribution in [-0.4, -0.2) is 123 Å². The van der Waals surface area contributed by atoms with Crippen LogP contribution in [0.4, 0.5) is 0 Å². The lowest BCUT2D eigenvalue weighted by Crippen LogP contribution is -2.62. The van der Waals surface area contributed by atoms with Crippen LogP contribution in [0.1, 0.15) is 57.2 Å². The summed E-state index contributed by atoms with van der Waals surface area (Å²) in [4.78, 5) is 24.9. The van der Waals surface area contributed by atoms with Crippen LogP contribution in [0.3, 0.4) is 0 Å². The Labute approximate surface area is 312 Å². The molecular formula is C41H66N6O5. The lowest BCUT2D eigenvalue weighted by atomic mass is 9.45. The van der Waals surface area contributed by atoms with Gasteiger partial charge in [0.25, 0.3) is 0 Å². The van der Waals surface area contributed by atoms with Gasteiger partial charge in [-0.2, -0.15) is 5.06 Å². The topological polar surface area (TPSA) is 122 Å². The molecule has 4 fully saturated rings. The number of carbonyl (C=O) groups excluding carboxylic acids is 1. The number of nitrogens with zero attached hydrogens (tertiary/aromatic N) is 3. The molecule has 4 aliphatic rings. The summed E-state index contributed by atoms with van der Waals surface area (Å²) in [5.41, 5.74) is 5.55. The summed E-state index contributed by atoms with van der Waals surface area (Å²) >= 11 is 0. The molecule has 11 nitrogen and oxygen atoms in total. The summed E-state index contributed by atoms with van der Waals surface area (Å²) in [6.45, 7) is 13.8. The maximum Gasteiger partial charge on any atom is 0.240 e. The van der Waals surface area contributed by atoms with Crippen molar-refractivity contribution in [2.24, 2.45) is 29.1 Å².